The second kappa shape index (κ2) is 6.81. The summed E-state index contributed by atoms with van der Waals surface area (Å²) < 4.78 is 5.38. The Bertz CT molecular complexity index is 236. The fourth-order valence-electron chi connectivity index (χ4n) is 2.39. The summed E-state index contributed by atoms with van der Waals surface area (Å²) >= 11 is 0. The molecule has 0 aromatic carbocycles. The monoisotopic (exact) mass is 241 g/mol. The summed E-state index contributed by atoms with van der Waals surface area (Å²) in [6.07, 6.45) is 3.44. The molecule has 2 rings (SSSR count). The summed E-state index contributed by atoms with van der Waals surface area (Å²) in [4.78, 5) is 11.6. The minimum atomic E-state index is -0.0394. The third-order valence-corrected chi connectivity index (χ3v) is 3.52. The van der Waals surface area contributed by atoms with Crippen LogP contribution in [0.15, 0.2) is 0 Å². The highest BCUT2D eigenvalue weighted by molar-refractivity contribution is 5.73. The minimum Gasteiger partial charge on any atom is -0.381 e. The Morgan fingerprint density at radius 3 is 2.71 bits per heavy atom. The normalized spacial score (nSPS) is 28.9. The van der Waals surface area contributed by atoms with Gasteiger partial charge >= 0.3 is 6.03 Å². The van der Waals surface area contributed by atoms with E-state index in [0.29, 0.717) is 11.8 Å². The Balaban J connectivity index is 1.53. The van der Waals surface area contributed by atoms with Crippen molar-refractivity contribution < 1.29 is 9.53 Å². The topological polar surface area (TPSA) is 62.4 Å². The van der Waals surface area contributed by atoms with Crippen molar-refractivity contribution in [2.45, 2.75) is 19.3 Å². The van der Waals surface area contributed by atoms with Crippen LogP contribution in [0.2, 0.25) is 0 Å². The van der Waals surface area contributed by atoms with E-state index in [-0.39, 0.29) is 6.03 Å². The van der Waals surface area contributed by atoms with Gasteiger partial charge in [0.1, 0.15) is 0 Å². The van der Waals surface area contributed by atoms with E-state index in [9.17, 15) is 4.79 Å². The van der Waals surface area contributed by atoms with Gasteiger partial charge in [-0.15, -0.1) is 0 Å². The highest BCUT2D eigenvalue weighted by Gasteiger charge is 2.17. The van der Waals surface area contributed by atoms with Crippen LogP contribution in [0.1, 0.15) is 19.3 Å². The van der Waals surface area contributed by atoms with Crippen LogP contribution in [0.25, 0.3) is 0 Å². The first-order valence-electron chi connectivity index (χ1n) is 6.65. The van der Waals surface area contributed by atoms with E-state index in [1.54, 1.807) is 0 Å². The van der Waals surface area contributed by atoms with Gasteiger partial charge in [0.2, 0.25) is 0 Å². The number of nitrogens with one attached hydrogen (secondary N) is 3. The molecule has 0 spiro atoms. The van der Waals surface area contributed by atoms with E-state index in [4.69, 9.17) is 4.74 Å². The Labute approximate surface area is 103 Å². The zero-order chi connectivity index (χ0) is 11.9. The number of urea groups is 1. The average Bonchev–Trinajstić information content (AvgIpc) is 2.88. The lowest BCUT2D eigenvalue weighted by Gasteiger charge is -2.22. The SMILES string of the molecule is O=C(NCC1CCNC1)NCC1CCCOC1. The van der Waals surface area contributed by atoms with Crippen molar-refractivity contribution in [1.29, 1.82) is 0 Å². The first-order valence-corrected chi connectivity index (χ1v) is 6.65. The second-order valence-electron chi connectivity index (χ2n) is 5.03. The van der Waals surface area contributed by atoms with Crippen molar-refractivity contribution in [3.63, 3.8) is 0 Å². The van der Waals surface area contributed by atoms with Crippen LogP contribution in [0, 0.1) is 11.8 Å². The van der Waals surface area contributed by atoms with Crippen LogP contribution in [0.3, 0.4) is 0 Å². The molecule has 2 fully saturated rings. The molecule has 5 heteroatoms. The third kappa shape index (κ3) is 4.52. The quantitative estimate of drug-likeness (QED) is 0.664. The highest BCUT2D eigenvalue weighted by atomic mass is 16.5. The summed E-state index contributed by atoms with van der Waals surface area (Å²) in [5.74, 6) is 1.08. The largest absolute Gasteiger partial charge is 0.381 e. The van der Waals surface area contributed by atoms with Crippen LogP contribution in [0.4, 0.5) is 4.79 Å². The maximum atomic E-state index is 11.6. The van der Waals surface area contributed by atoms with E-state index in [1.165, 1.54) is 0 Å². The molecule has 0 bridgehead atoms. The summed E-state index contributed by atoms with van der Waals surface area (Å²) in [5.41, 5.74) is 0. The van der Waals surface area contributed by atoms with Crippen LogP contribution >= 0.6 is 0 Å². The van der Waals surface area contributed by atoms with Gasteiger partial charge in [0, 0.05) is 19.7 Å². The van der Waals surface area contributed by atoms with Crippen molar-refractivity contribution in [3.8, 4) is 0 Å². The van der Waals surface area contributed by atoms with Gasteiger partial charge in [0.15, 0.2) is 0 Å². The molecular formula is C12H23N3O2. The molecule has 2 aliphatic rings. The van der Waals surface area contributed by atoms with Crippen molar-refractivity contribution in [3.05, 3.63) is 0 Å². The van der Waals surface area contributed by atoms with Crippen LogP contribution < -0.4 is 16.0 Å². The van der Waals surface area contributed by atoms with E-state index < -0.39 is 0 Å². The number of rotatable bonds is 4. The standard InChI is InChI=1S/C12H23N3O2/c16-12(14-7-10-3-4-13-6-10)15-8-11-2-1-5-17-9-11/h10-11,13H,1-9H2,(H2,14,15,16). The molecule has 5 nitrogen and oxygen atoms in total. The Morgan fingerprint density at radius 1 is 1.24 bits per heavy atom. The zero-order valence-electron chi connectivity index (χ0n) is 10.3. The zero-order valence-corrected chi connectivity index (χ0v) is 10.3. The second-order valence-corrected chi connectivity index (χ2v) is 5.03. The number of hydrogen-bond acceptors (Lipinski definition) is 3. The van der Waals surface area contributed by atoms with Gasteiger partial charge in [-0.25, -0.2) is 4.79 Å². The van der Waals surface area contributed by atoms with E-state index in [0.717, 1.165) is 58.7 Å². The summed E-state index contributed by atoms with van der Waals surface area (Å²) in [5, 5.41) is 9.15. The predicted octanol–water partition coefficient (Wildman–Crippen LogP) is 0.322. The molecule has 3 N–H and O–H groups in total. The van der Waals surface area contributed by atoms with Gasteiger partial charge in [0.25, 0.3) is 0 Å². The van der Waals surface area contributed by atoms with E-state index in [2.05, 4.69) is 16.0 Å². The average molecular weight is 241 g/mol. The Hall–Kier alpha value is -0.810. The summed E-state index contributed by atoms with van der Waals surface area (Å²) in [6.45, 7) is 5.27. The number of amides is 2. The maximum absolute atomic E-state index is 11.6. The Kier molecular flexibility index (Phi) is 5.07. The smallest absolute Gasteiger partial charge is 0.314 e. The maximum Gasteiger partial charge on any atom is 0.314 e. The van der Waals surface area contributed by atoms with Crippen molar-refractivity contribution in [1.82, 2.24) is 16.0 Å². The molecule has 2 saturated heterocycles. The number of hydrogen-bond donors (Lipinski definition) is 3. The molecule has 0 aliphatic carbocycles. The fourth-order valence-corrected chi connectivity index (χ4v) is 2.39. The molecule has 98 valence electrons. The van der Waals surface area contributed by atoms with E-state index >= 15 is 0 Å². The minimum absolute atomic E-state index is 0.0394. The molecule has 0 radical (unpaired) electrons. The van der Waals surface area contributed by atoms with Gasteiger partial charge in [-0.1, -0.05) is 0 Å². The van der Waals surface area contributed by atoms with Gasteiger partial charge in [0.05, 0.1) is 6.61 Å². The van der Waals surface area contributed by atoms with E-state index in [1.807, 2.05) is 0 Å². The molecule has 0 saturated carbocycles. The molecule has 0 aromatic rings. The molecule has 2 amide bonds. The predicted molar refractivity (Wildman–Crippen MR) is 65.9 cm³/mol. The third-order valence-electron chi connectivity index (χ3n) is 3.52. The van der Waals surface area contributed by atoms with Gasteiger partial charge in [-0.2, -0.15) is 0 Å². The van der Waals surface area contributed by atoms with Crippen LogP contribution in [-0.2, 0) is 4.74 Å². The van der Waals surface area contributed by atoms with Crippen molar-refractivity contribution in [2.75, 3.05) is 39.4 Å². The highest BCUT2D eigenvalue weighted by Crippen LogP contribution is 2.12. The number of carbonyl (C=O) groups is 1. The molecule has 2 unspecified atom stereocenters. The molecule has 17 heavy (non-hydrogen) atoms. The lowest BCUT2D eigenvalue weighted by atomic mass is 10.0. The lowest BCUT2D eigenvalue weighted by molar-refractivity contribution is 0.0557. The summed E-state index contributed by atoms with van der Waals surface area (Å²) in [6, 6.07) is -0.0394. The van der Waals surface area contributed by atoms with Gasteiger partial charge in [-0.3, -0.25) is 0 Å². The molecule has 2 heterocycles. The summed E-state index contributed by atoms with van der Waals surface area (Å²) in [7, 11) is 0. The molecule has 0 aromatic heterocycles. The molecular weight excluding hydrogens is 218 g/mol. The van der Waals surface area contributed by atoms with Crippen LogP contribution in [-0.4, -0.2) is 45.4 Å². The van der Waals surface area contributed by atoms with Gasteiger partial charge in [-0.05, 0) is 44.2 Å². The first-order chi connectivity index (χ1) is 8.34. The fraction of sp³-hybridized carbons (Fsp3) is 0.917. The van der Waals surface area contributed by atoms with Gasteiger partial charge < -0.3 is 20.7 Å². The molecule has 2 aliphatic heterocycles. The van der Waals surface area contributed by atoms with Crippen molar-refractivity contribution >= 4 is 6.03 Å². The number of carbonyl (C=O) groups excluding carboxylic acids is 1. The molecule has 2 atom stereocenters. The lowest BCUT2D eigenvalue weighted by Crippen LogP contribution is -2.41. The Morgan fingerprint density at radius 2 is 2.06 bits per heavy atom. The van der Waals surface area contributed by atoms with Crippen molar-refractivity contribution in [2.24, 2.45) is 11.8 Å². The first kappa shape index (κ1) is 12.6. The van der Waals surface area contributed by atoms with Crippen LogP contribution in [0.5, 0.6) is 0 Å². The number of ether oxygens (including phenoxy) is 1.